The Labute approximate surface area is 105 Å². The van der Waals surface area contributed by atoms with Gasteiger partial charge < -0.3 is 14.5 Å². The van der Waals surface area contributed by atoms with Gasteiger partial charge in [-0.3, -0.25) is 4.79 Å². The normalized spacial score (nSPS) is 19.8. The maximum atomic E-state index is 12.1. The molecule has 18 heavy (non-hydrogen) atoms. The van der Waals surface area contributed by atoms with Gasteiger partial charge >= 0.3 is 5.97 Å². The van der Waals surface area contributed by atoms with Gasteiger partial charge in [0.15, 0.2) is 5.69 Å². The van der Waals surface area contributed by atoms with E-state index in [1.807, 2.05) is 0 Å². The van der Waals surface area contributed by atoms with Gasteiger partial charge in [0.1, 0.15) is 0 Å². The molecule has 0 saturated carbocycles. The molecule has 1 N–H and O–H groups in total. The topological polar surface area (TPSA) is 83.6 Å². The highest BCUT2D eigenvalue weighted by Gasteiger charge is 2.26. The second-order valence-electron chi connectivity index (χ2n) is 4.55. The smallest absolute Gasteiger partial charge is 0.374 e. The minimum absolute atomic E-state index is 0.0733. The van der Waals surface area contributed by atoms with Crippen LogP contribution in [0.25, 0.3) is 0 Å². The number of carboxylic acids is 1. The van der Waals surface area contributed by atoms with Gasteiger partial charge in [0.2, 0.25) is 5.76 Å². The summed E-state index contributed by atoms with van der Waals surface area (Å²) in [6, 6.07) is 1.18. The number of hydrogen-bond donors (Lipinski definition) is 1. The van der Waals surface area contributed by atoms with Crippen molar-refractivity contribution in [3.05, 3.63) is 17.5 Å². The minimum Gasteiger partial charge on any atom is -0.475 e. The summed E-state index contributed by atoms with van der Waals surface area (Å²) < 4.78 is 4.59. The summed E-state index contributed by atoms with van der Waals surface area (Å²) in [5.41, 5.74) is 0.0733. The summed E-state index contributed by atoms with van der Waals surface area (Å²) in [5, 5.41) is 12.2. The predicted octanol–water partition coefficient (Wildman–Crippen LogP) is 1.64. The van der Waals surface area contributed by atoms with Crippen molar-refractivity contribution in [1.29, 1.82) is 0 Å². The third-order valence-electron chi connectivity index (χ3n) is 3.32. The van der Waals surface area contributed by atoms with Crippen molar-refractivity contribution >= 4 is 11.9 Å². The van der Waals surface area contributed by atoms with E-state index in [0.717, 1.165) is 19.3 Å². The molecule has 1 saturated heterocycles. The molecular formula is C12H16N2O4. The number of amides is 1. The van der Waals surface area contributed by atoms with Crippen LogP contribution in [0.4, 0.5) is 0 Å². The lowest BCUT2D eigenvalue weighted by atomic mass is 9.95. The number of likely N-dealkylation sites (tertiary alicyclic amines) is 1. The van der Waals surface area contributed by atoms with E-state index in [0.29, 0.717) is 19.0 Å². The number of nitrogens with zero attached hydrogens (tertiary/aromatic N) is 2. The number of aromatic nitrogens is 1. The largest absolute Gasteiger partial charge is 0.475 e. The van der Waals surface area contributed by atoms with Crippen LogP contribution < -0.4 is 0 Å². The molecule has 6 nitrogen and oxygen atoms in total. The van der Waals surface area contributed by atoms with Gasteiger partial charge in [-0.25, -0.2) is 4.79 Å². The number of carbonyl (C=O) groups is 2. The van der Waals surface area contributed by atoms with Gasteiger partial charge in [-0.15, -0.1) is 0 Å². The molecule has 1 amide bonds. The first kappa shape index (κ1) is 12.6. The number of rotatable bonds is 3. The summed E-state index contributed by atoms with van der Waals surface area (Å²) in [6.45, 7) is 3.52. The fourth-order valence-electron chi connectivity index (χ4n) is 2.22. The summed E-state index contributed by atoms with van der Waals surface area (Å²) in [6.07, 6.45) is 3.16. The van der Waals surface area contributed by atoms with Crippen molar-refractivity contribution in [2.75, 3.05) is 13.1 Å². The molecule has 0 spiro atoms. The summed E-state index contributed by atoms with van der Waals surface area (Å²) in [4.78, 5) is 24.5. The molecule has 2 heterocycles. The van der Waals surface area contributed by atoms with Gasteiger partial charge in [0.25, 0.3) is 5.91 Å². The summed E-state index contributed by atoms with van der Waals surface area (Å²) in [7, 11) is 0. The van der Waals surface area contributed by atoms with Gasteiger partial charge in [0.05, 0.1) is 0 Å². The maximum absolute atomic E-state index is 12.1. The van der Waals surface area contributed by atoms with Crippen LogP contribution in [0, 0.1) is 5.92 Å². The number of hydrogen-bond acceptors (Lipinski definition) is 4. The molecule has 1 unspecified atom stereocenters. The third kappa shape index (κ3) is 2.52. The zero-order valence-corrected chi connectivity index (χ0v) is 10.3. The van der Waals surface area contributed by atoms with E-state index in [-0.39, 0.29) is 17.4 Å². The molecular weight excluding hydrogens is 236 g/mol. The molecule has 1 aromatic rings. The quantitative estimate of drug-likeness (QED) is 0.884. The predicted molar refractivity (Wildman–Crippen MR) is 62.4 cm³/mol. The molecule has 0 radical (unpaired) electrons. The third-order valence-corrected chi connectivity index (χ3v) is 3.32. The van der Waals surface area contributed by atoms with Crippen molar-refractivity contribution in [2.45, 2.75) is 26.2 Å². The fourth-order valence-corrected chi connectivity index (χ4v) is 2.22. The molecule has 0 aliphatic carbocycles. The van der Waals surface area contributed by atoms with E-state index in [9.17, 15) is 9.59 Å². The zero-order valence-electron chi connectivity index (χ0n) is 10.3. The Hall–Kier alpha value is -1.85. The molecule has 1 aliphatic rings. The van der Waals surface area contributed by atoms with Gasteiger partial charge in [0, 0.05) is 19.2 Å². The standard InChI is InChI=1S/C12H16N2O4/c1-2-8-4-3-5-14(7-8)11(15)9-6-10(12(16)17)18-13-9/h6,8H,2-5,7H2,1H3,(H,16,17). The Bertz CT molecular complexity index is 455. The SMILES string of the molecule is CCC1CCCN(C(=O)c2cc(C(=O)O)on2)C1. The lowest BCUT2D eigenvalue weighted by molar-refractivity contribution is 0.0637. The average molecular weight is 252 g/mol. The first-order chi connectivity index (χ1) is 8.61. The fraction of sp³-hybridized carbons (Fsp3) is 0.583. The first-order valence-corrected chi connectivity index (χ1v) is 6.11. The Kier molecular flexibility index (Phi) is 3.64. The van der Waals surface area contributed by atoms with Crippen LogP contribution >= 0.6 is 0 Å². The Balaban J connectivity index is 2.07. The van der Waals surface area contributed by atoms with Crippen LogP contribution in [-0.4, -0.2) is 40.1 Å². The van der Waals surface area contributed by atoms with Crippen LogP contribution in [0.2, 0.25) is 0 Å². The second-order valence-corrected chi connectivity index (χ2v) is 4.55. The number of aromatic carboxylic acids is 1. The monoisotopic (exact) mass is 252 g/mol. The first-order valence-electron chi connectivity index (χ1n) is 6.11. The van der Waals surface area contributed by atoms with Crippen LogP contribution in [0.15, 0.2) is 10.6 Å². The maximum Gasteiger partial charge on any atom is 0.374 e. The van der Waals surface area contributed by atoms with E-state index in [2.05, 4.69) is 16.6 Å². The molecule has 2 rings (SSSR count). The zero-order chi connectivity index (χ0) is 13.1. The molecule has 1 atom stereocenters. The number of piperidine rings is 1. The highest BCUT2D eigenvalue weighted by molar-refractivity contribution is 5.94. The van der Waals surface area contributed by atoms with Crippen LogP contribution in [-0.2, 0) is 0 Å². The molecule has 1 fully saturated rings. The van der Waals surface area contributed by atoms with Gasteiger partial charge in [-0.1, -0.05) is 18.5 Å². The lowest BCUT2D eigenvalue weighted by Crippen LogP contribution is -2.39. The van der Waals surface area contributed by atoms with Crippen LogP contribution in [0.3, 0.4) is 0 Å². The molecule has 0 aromatic carbocycles. The van der Waals surface area contributed by atoms with Crippen molar-refractivity contribution in [2.24, 2.45) is 5.92 Å². The van der Waals surface area contributed by atoms with Crippen LogP contribution in [0.5, 0.6) is 0 Å². The Morgan fingerprint density at radius 3 is 3.00 bits per heavy atom. The van der Waals surface area contributed by atoms with E-state index in [1.165, 1.54) is 6.07 Å². The lowest BCUT2D eigenvalue weighted by Gasteiger charge is -2.31. The van der Waals surface area contributed by atoms with Crippen LogP contribution in [0.1, 0.15) is 47.2 Å². The summed E-state index contributed by atoms with van der Waals surface area (Å²) >= 11 is 0. The molecule has 6 heteroatoms. The molecule has 98 valence electrons. The van der Waals surface area contributed by atoms with Gasteiger partial charge in [-0.05, 0) is 18.8 Å². The molecule has 0 bridgehead atoms. The Morgan fingerprint density at radius 1 is 1.61 bits per heavy atom. The van der Waals surface area contributed by atoms with Crippen molar-refractivity contribution < 1.29 is 19.2 Å². The molecule has 1 aliphatic heterocycles. The van der Waals surface area contributed by atoms with Gasteiger partial charge in [-0.2, -0.15) is 0 Å². The van der Waals surface area contributed by atoms with Crippen molar-refractivity contribution in [1.82, 2.24) is 10.1 Å². The minimum atomic E-state index is -1.22. The highest BCUT2D eigenvalue weighted by atomic mass is 16.5. The van der Waals surface area contributed by atoms with E-state index < -0.39 is 5.97 Å². The number of carbonyl (C=O) groups excluding carboxylic acids is 1. The molecule has 1 aromatic heterocycles. The van der Waals surface area contributed by atoms with E-state index >= 15 is 0 Å². The number of carboxylic acid groups (broad SMARTS) is 1. The highest BCUT2D eigenvalue weighted by Crippen LogP contribution is 2.20. The van der Waals surface area contributed by atoms with E-state index in [1.54, 1.807) is 4.90 Å². The average Bonchev–Trinajstić information content (AvgIpc) is 2.87. The summed E-state index contributed by atoms with van der Waals surface area (Å²) in [5.74, 6) is -1.24. The van der Waals surface area contributed by atoms with Crippen molar-refractivity contribution in [3.8, 4) is 0 Å². The van der Waals surface area contributed by atoms with E-state index in [4.69, 9.17) is 5.11 Å². The van der Waals surface area contributed by atoms with Crippen molar-refractivity contribution in [3.63, 3.8) is 0 Å². The Morgan fingerprint density at radius 2 is 2.39 bits per heavy atom. The second kappa shape index (κ2) is 5.20.